The number of hydrogen-bond donors (Lipinski definition) is 4. The molecule has 23 heavy (non-hydrogen) atoms. The van der Waals surface area contributed by atoms with Crippen LogP contribution in [0.3, 0.4) is 0 Å². The Morgan fingerprint density at radius 3 is 2.65 bits per heavy atom. The van der Waals surface area contributed by atoms with Crippen molar-refractivity contribution in [2.45, 2.75) is 6.92 Å². The molecule has 1 aromatic carbocycles. The molecule has 5 N–H and O–H groups in total. The van der Waals surface area contributed by atoms with Gasteiger partial charge in [0.05, 0.1) is 0 Å². The van der Waals surface area contributed by atoms with Crippen LogP contribution in [0.1, 0.15) is 5.56 Å². The number of carbonyl (C=O) groups is 2. The van der Waals surface area contributed by atoms with Gasteiger partial charge in [0.15, 0.2) is 0 Å². The maximum atomic E-state index is 12.3. The maximum Gasteiger partial charge on any atom is 0.410 e. The highest BCUT2D eigenvalue weighted by Crippen LogP contribution is 2.20. The summed E-state index contributed by atoms with van der Waals surface area (Å²) in [6.07, 6.45) is -0.0898. The second kappa shape index (κ2) is 6.60. The number of rotatable bonds is 3. The number of nitrogens with one attached hydrogen (secondary N) is 2. The lowest BCUT2D eigenvalue weighted by atomic mass is 10.2. The molecule has 1 heterocycles. The third-order valence-electron chi connectivity index (χ3n) is 3.04. The van der Waals surface area contributed by atoms with E-state index in [9.17, 15) is 9.59 Å². The van der Waals surface area contributed by atoms with Crippen molar-refractivity contribution in [1.82, 2.24) is 9.97 Å². The van der Waals surface area contributed by atoms with Gasteiger partial charge in [-0.25, -0.2) is 19.6 Å². The van der Waals surface area contributed by atoms with E-state index in [-0.39, 0.29) is 11.6 Å². The molecular formula is C14H16N6O3. The summed E-state index contributed by atoms with van der Waals surface area (Å²) in [5.41, 5.74) is 7.68. The molecule has 0 spiro atoms. The number of carboxylic acid groups (broad SMARTS) is 1. The summed E-state index contributed by atoms with van der Waals surface area (Å²) < 4.78 is 0. The largest absolute Gasteiger partial charge is 0.465 e. The fourth-order valence-electron chi connectivity index (χ4n) is 1.79. The summed E-state index contributed by atoms with van der Waals surface area (Å²) in [5, 5.41) is 13.5. The van der Waals surface area contributed by atoms with Gasteiger partial charge in [-0.05, 0) is 24.6 Å². The molecule has 2 aromatic rings. The topological polar surface area (TPSA) is 133 Å². The summed E-state index contributed by atoms with van der Waals surface area (Å²) in [4.78, 5) is 31.8. The number of aryl methyl sites for hydroxylation is 1. The van der Waals surface area contributed by atoms with E-state index in [4.69, 9.17) is 10.8 Å². The normalized spacial score (nSPS) is 10.0. The van der Waals surface area contributed by atoms with Crippen molar-refractivity contribution in [2.24, 2.45) is 0 Å². The zero-order valence-electron chi connectivity index (χ0n) is 12.6. The van der Waals surface area contributed by atoms with Gasteiger partial charge in [-0.1, -0.05) is 6.07 Å². The van der Waals surface area contributed by atoms with Crippen molar-refractivity contribution in [1.29, 1.82) is 0 Å². The number of benzene rings is 1. The molecule has 9 heteroatoms. The molecule has 1 aromatic heterocycles. The number of hydrogen-bond acceptors (Lipinski definition) is 5. The zero-order valence-corrected chi connectivity index (χ0v) is 12.6. The molecule has 0 saturated heterocycles. The number of nitrogens with zero attached hydrogens (tertiary/aromatic N) is 3. The molecule has 3 amide bonds. The molecule has 0 fully saturated rings. The fraction of sp³-hybridized carbons (Fsp3) is 0.143. The number of amides is 3. The Morgan fingerprint density at radius 1 is 1.22 bits per heavy atom. The van der Waals surface area contributed by atoms with Crippen LogP contribution in [-0.2, 0) is 0 Å². The van der Waals surface area contributed by atoms with Crippen molar-refractivity contribution in [2.75, 3.05) is 28.3 Å². The minimum absolute atomic E-state index is 0.0716. The average molecular weight is 316 g/mol. The van der Waals surface area contributed by atoms with E-state index in [1.165, 1.54) is 18.0 Å². The summed E-state index contributed by atoms with van der Waals surface area (Å²) >= 11 is 0. The highest BCUT2D eigenvalue weighted by molar-refractivity contribution is 6.01. The standard InChI is InChI=1S/C14H16N6O3/c1-8-3-4-9(15)5-10(8)18-13(21)20(2)12-6-11(16-7-17-12)19-14(22)23/h3-7H,15H2,1-2H3,(H,18,21)(H,22,23)(H,16,17,19). The van der Waals surface area contributed by atoms with Crippen LogP contribution in [0.2, 0.25) is 0 Å². The van der Waals surface area contributed by atoms with E-state index < -0.39 is 12.1 Å². The van der Waals surface area contributed by atoms with Crippen LogP contribution in [0.25, 0.3) is 0 Å². The van der Waals surface area contributed by atoms with Gasteiger partial charge in [-0.3, -0.25) is 10.2 Å². The zero-order chi connectivity index (χ0) is 17.0. The SMILES string of the molecule is Cc1ccc(N)cc1NC(=O)N(C)c1cc(NC(=O)O)ncn1. The van der Waals surface area contributed by atoms with E-state index in [0.717, 1.165) is 11.9 Å². The minimum atomic E-state index is -1.25. The van der Waals surface area contributed by atoms with Crippen molar-refractivity contribution in [3.63, 3.8) is 0 Å². The van der Waals surface area contributed by atoms with Crippen molar-refractivity contribution in [3.8, 4) is 0 Å². The number of carbonyl (C=O) groups excluding carboxylic acids is 1. The summed E-state index contributed by atoms with van der Waals surface area (Å²) in [6, 6.07) is 6.09. The number of nitrogens with two attached hydrogens (primary N) is 1. The minimum Gasteiger partial charge on any atom is -0.465 e. The molecular weight excluding hydrogens is 300 g/mol. The molecule has 0 radical (unpaired) electrons. The van der Waals surface area contributed by atoms with Gasteiger partial charge in [0.25, 0.3) is 0 Å². The van der Waals surface area contributed by atoms with Crippen molar-refractivity contribution < 1.29 is 14.7 Å². The number of nitrogen functional groups attached to an aromatic ring is 1. The van der Waals surface area contributed by atoms with Gasteiger partial charge >= 0.3 is 12.1 Å². The smallest absolute Gasteiger partial charge is 0.410 e. The Kier molecular flexibility index (Phi) is 4.60. The highest BCUT2D eigenvalue weighted by Gasteiger charge is 2.14. The van der Waals surface area contributed by atoms with E-state index in [0.29, 0.717) is 11.4 Å². The number of anilines is 4. The lowest BCUT2D eigenvalue weighted by Gasteiger charge is -2.18. The van der Waals surface area contributed by atoms with E-state index in [1.807, 2.05) is 6.92 Å². The molecule has 2 rings (SSSR count). The number of aromatic nitrogens is 2. The lowest BCUT2D eigenvalue weighted by Crippen LogP contribution is -2.32. The van der Waals surface area contributed by atoms with E-state index >= 15 is 0 Å². The Balaban J connectivity index is 2.16. The van der Waals surface area contributed by atoms with Gasteiger partial charge in [0.2, 0.25) is 0 Å². The fourth-order valence-corrected chi connectivity index (χ4v) is 1.79. The summed E-state index contributed by atoms with van der Waals surface area (Å²) in [5.74, 6) is 0.310. The van der Waals surface area contributed by atoms with Crippen LogP contribution < -0.4 is 21.3 Å². The molecule has 0 unspecified atom stereocenters. The summed E-state index contributed by atoms with van der Waals surface area (Å²) in [6.45, 7) is 1.84. The van der Waals surface area contributed by atoms with Crippen LogP contribution in [0.5, 0.6) is 0 Å². The van der Waals surface area contributed by atoms with Crippen LogP contribution in [0, 0.1) is 6.92 Å². The third kappa shape index (κ3) is 4.06. The Bertz CT molecular complexity index is 749. The second-order valence-electron chi connectivity index (χ2n) is 4.76. The van der Waals surface area contributed by atoms with E-state index in [1.54, 1.807) is 18.2 Å². The second-order valence-corrected chi connectivity index (χ2v) is 4.76. The first-order valence-corrected chi connectivity index (χ1v) is 6.59. The number of urea groups is 1. The van der Waals surface area contributed by atoms with Crippen molar-refractivity contribution in [3.05, 3.63) is 36.2 Å². The van der Waals surface area contributed by atoms with Gasteiger partial charge in [-0.2, -0.15) is 0 Å². The first-order chi connectivity index (χ1) is 10.9. The maximum absolute atomic E-state index is 12.3. The van der Waals surface area contributed by atoms with Gasteiger partial charge in [-0.15, -0.1) is 0 Å². The van der Waals surface area contributed by atoms with Gasteiger partial charge in [0, 0.05) is 24.5 Å². The lowest BCUT2D eigenvalue weighted by molar-refractivity contribution is 0.209. The van der Waals surface area contributed by atoms with E-state index in [2.05, 4.69) is 20.6 Å². The Hall–Kier alpha value is -3.36. The molecule has 120 valence electrons. The Morgan fingerprint density at radius 2 is 1.96 bits per heavy atom. The van der Waals surface area contributed by atoms with Gasteiger partial charge < -0.3 is 16.2 Å². The van der Waals surface area contributed by atoms with Crippen LogP contribution in [-0.4, -0.2) is 34.2 Å². The quantitative estimate of drug-likeness (QED) is 0.641. The highest BCUT2D eigenvalue weighted by atomic mass is 16.4. The van der Waals surface area contributed by atoms with Crippen molar-refractivity contribution >= 4 is 35.1 Å². The molecule has 9 nitrogen and oxygen atoms in total. The molecule has 0 aliphatic heterocycles. The van der Waals surface area contributed by atoms with Crippen LogP contribution >= 0.6 is 0 Å². The summed E-state index contributed by atoms with van der Waals surface area (Å²) in [7, 11) is 1.50. The average Bonchev–Trinajstić information content (AvgIpc) is 2.49. The molecule has 0 aliphatic carbocycles. The van der Waals surface area contributed by atoms with Crippen LogP contribution in [0.4, 0.5) is 32.6 Å². The van der Waals surface area contributed by atoms with Gasteiger partial charge in [0.1, 0.15) is 18.0 Å². The molecule has 0 bridgehead atoms. The molecule has 0 saturated carbocycles. The molecule has 0 atom stereocenters. The predicted octanol–water partition coefficient (Wildman–Crippen LogP) is 2.13. The first kappa shape index (κ1) is 16.0. The van der Waals surface area contributed by atoms with Crippen LogP contribution in [0.15, 0.2) is 30.6 Å². The molecule has 0 aliphatic rings. The Labute approximate surface area is 132 Å². The third-order valence-corrected chi connectivity index (χ3v) is 3.04. The first-order valence-electron chi connectivity index (χ1n) is 6.59. The predicted molar refractivity (Wildman–Crippen MR) is 86.7 cm³/mol. The monoisotopic (exact) mass is 316 g/mol.